The Hall–Kier alpha value is -3.66. The van der Waals surface area contributed by atoms with Gasteiger partial charge in [0.25, 0.3) is 11.7 Å². The Balaban J connectivity index is 1.91. The predicted molar refractivity (Wildman–Crippen MR) is 128 cm³/mol. The molecule has 1 aliphatic heterocycles. The molecule has 3 aromatic carbocycles. The molecular weight excluding hydrogens is 398 g/mol. The predicted octanol–water partition coefficient (Wildman–Crippen LogP) is 6.05. The molecule has 1 N–H and O–H groups in total. The Morgan fingerprint density at radius 2 is 1.53 bits per heavy atom. The summed E-state index contributed by atoms with van der Waals surface area (Å²) in [6.07, 6.45) is 0. The molecule has 1 amide bonds. The van der Waals surface area contributed by atoms with E-state index in [1.807, 2.05) is 74.5 Å². The lowest BCUT2D eigenvalue weighted by Gasteiger charge is -2.26. The summed E-state index contributed by atoms with van der Waals surface area (Å²) in [5, 5.41) is 11.2. The zero-order valence-electron chi connectivity index (χ0n) is 18.8. The van der Waals surface area contributed by atoms with Crippen LogP contribution < -0.4 is 4.90 Å². The van der Waals surface area contributed by atoms with Gasteiger partial charge in [0.05, 0.1) is 11.6 Å². The number of aliphatic hydroxyl groups excluding tert-OH is 1. The van der Waals surface area contributed by atoms with Crippen molar-refractivity contribution in [1.82, 2.24) is 0 Å². The highest BCUT2D eigenvalue weighted by molar-refractivity contribution is 6.51. The summed E-state index contributed by atoms with van der Waals surface area (Å²) in [5.74, 6) is -1.12. The molecule has 1 fully saturated rings. The van der Waals surface area contributed by atoms with Crippen LogP contribution in [0.15, 0.2) is 78.4 Å². The van der Waals surface area contributed by atoms with Gasteiger partial charge in [-0.2, -0.15) is 0 Å². The summed E-state index contributed by atoms with van der Waals surface area (Å²) >= 11 is 0. The number of anilines is 1. The highest BCUT2D eigenvalue weighted by Gasteiger charge is 2.46. The first-order chi connectivity index (χ1) is 15.3. The Bertz CT molecular complexity index is 1200. The highest BCUT2D eigenvalue weighted by atomic mass is 16.3. The molecule has 1 aliphatic rings. The quantitative estimate of drug-likeness (QED) is 0.314. The minimum atomic E-state index is -0.707. The summed E-state index contributed by atoms with van der Waals surface area (Å²) in [6, 6.07) is 22.0. The first-order valence-electron chi connectivity index (χ1n) is 10.8. The summed E-state index contributed by atoms with van der Waals surface area (Å²) < 4.78 is 0. The second kappa shape index (κ2) is 8.46. The molecule has 4 heteroatoms. The Morgan fingerprint density at radius 1 is 0.875 bits per heavy atom. The summed E-state index contributed by atoms with van der Waals surface area (Å²) in [4.78, 5) is 27.9. The van der Waals surface area contributed by atoms with Crippen molar-refractivity contribution in [2.24, 2.45) is 0 Å². The van der Waals surface area contributed by atoms with Crippen LogP contribution in [0.2, 0.25) is 0 Å². The third-order valence-electron chi connectivity index (χ3n) is 5.97. The standard InChI is InChI=1S/C28H27NO3/c1-17(2)20-12-14-23(15-13-20)29-25(22-7-5-6-19(4)16-22)24(27(31)28(29)32)26(30)21-10-8-18(3)9-11-21/h5-17,25,30H,1-4H3/b26-24-. The van der Waals surface area contributed by atoms with Gasteiger partial charge in [0.1, 0.15) is 5.76 Å². The van der Waals surface area contributed by atoms with Gasteiger partial charge in [0.2, 0.25) is 0 Å². The third-order valence-corrected chi connectivity index (χ3v) is 5.97. The van der Waals surface area contributed by atoms with Crippen molar-refractivity contribution in [3.05, 3.63) is 106 Å². The largest absolute Gasteiger partial charge is 0.507 e. The number of carbonyl (C=O) groups is 2. The number of aliphatic hydroxyl groups is 1. The molecule has 0 radical (unpaired) electrons. The number of aryl methyl sites for hydroxylation is 2. The summed E-state index contributed by atoms with van der Waals surface area (Å²) in [5.41, 5.74) is 5.24. The number of ketones is 1. The zero-order chi connectivity index (χ0) is 23.0. The second-order valence-corrected chi connectivity index (χ2v) is 8.70. The number of Topliss-reactive ketones (excluding diaryl/α,β-unsaturated/α-hetero) is 1. The van der Waals surface area contributed by atoms with Crippen molar-refractivity contribution in [3.8, 4) is 0 Å². The van der Waals surface area contributed by atoms with E-state index >= 15 is 0 Å². The van der Waals surface area contributed by atoms with Gasteiger partial charge in [-0.15, -0.1) is 0 Å². The van der Waals surface area contributed by atoms with Crippen LogP contribution in [0.5, 0.6) is 0 Å². The summed E-state index contributed by atoms with van der Waals surface area (Å²) in [6.45, 7) is 8.13. The topological polar surface area (TPSA) is 57.6 Å². The van der Waals surface area contributed by atoms with E-state index in [-0.39, 0.29) is 11.3 Å². The van der Waals surface area contributed by atoms with Crippen molar-refractivity contribution in [1.29, 1.82) is 0 Å². The fraction of sp³-hybridized carbons (Fsp3) is 0.214. The van der Waals surface area contributed by atoms with E-state index in [0.717, 1.165) is 22.3 Å². The van der Waals surface area contributed by atoms with Crippen molar-refractivity contribution in [3.63, 3.8) is 0 Å². The van der Waals surface area contributed by atoms with E-state index in [2.05, 4.69) is 13.8 Å². The first-order valence-corrected chi connectivity index (χ1v) is 10.8. The van der Waals surface area contributed by atoms with Crippen LogP contribution in [0.1, 0.15) is 53.6 Å². The number of carbonyl (C=O) groups excluding carboxylic acids is 2. The number of rotatable bonds is 4. The van der Waals surface area contributed by atoms with Crippen molar-refractivity contribution in [2.75, 3.05) is 4.90 Å². The molecule has 1 saturated heterocycles. The Morgan fingerprint density at radius 3 is 2.12 bits per heavy atom. The number of nitrogens with zero attached hydrogens (tertiary/aromatic N) is 1. The fourth-order valence-corrected chi connectivity index (χ4v) is 4.14. The maximum atomic E-state index is 13.2. The zero-order valence-corrected chi connectivity index (χ0v) is 18.8. The third kappa shape index (κ3) is 3.84. The lowest BCUT2D eigenvalue weighted by molar-refractivity contribution is -0.132. The molecule has 4 nitrogen and oxygen atoms in total. The molecule has 0 saturated carbocycles. The van der Waals surface area contributed by atoms with Crippen LogP contribution >= 0.6 is 0 Å². The number of hydrogen-bond donors (Lipinski definition) is 1. The van der Waals surface area contributed by atoms with E-state index in [9.17, 15) is 14.7 Å². The van der Waals surface area contributed by atoms with Crippen molar-refractivity contribution < 1.29 is 14.7 Å². The molecule has 0 bridgehead atoms. The van der Waals surface area contributed by atoms with E-state index in [4.69, 9.17) is 0 Å². The van der Waals surface area contributed by atoms with Crippen LogP contribution in [0.25, 0.3) is 5.76 Å². The average molecular weight is 426 g/mol. The minimum absolute atomic E-state index is 0.109. The van der Waals surface area contributed by atoms with Crippen LogP contribution in [0, 0.1) is 13.8 Å². The maximum Gasteiger partial charge on any atom is 0.300 e. The monoisotopic (exact) mass is 425 g/mol. The average Bonchev–Trinajstić information content (AvgIpc) is 3.04. The number of hydrogen-bond acceptors (Lipinski definition) is 3. The van der Waals surface area contributed by atoms with E-state index in [0.29, 0.717) is 17.2 Å². The molecule has 0 spiro atoms. The van der Waals surface area contributed by atoms with Crippen LogP contribution in [0.3, 0.4) is 0 Å². The Labute approximate surface area is 188 Å². The van der Waals surface area contributed by atoms with Gasteiger partial charge in [-0.25, -0.2) is 0 Å². The lowest BCUT2D eigenvalue weighted by atomic mass is 9.94. The maximum absolute atomic E-state index is 13.2. The van der Waals surface area contributed by atoms with Crippen LogP contribution in [-0.4, -0.2) is 16.8 Å². The molecule has 0 aromatic heterocycles. The van der Waals surface area contributed by atoms with Gasteiger partial charge >= 0.3 is 0 Å². The summed E-state index contributed by atoms with van der Waals surface area (Å²) in [7, 11) is 0. The number of amides is 1. The SMILES string of the molecule is Cc1ccc(/C(O)=C2/C(=O)C(=O)N(c3ccc(C(C)C)cc3)C2c2cccc(C)c2)cc1. The van der Waals surface area contributed by atoms with Gasteiger partial charge in [-0.1, -0.05) is 85.6 Å². The van der Waals surface area contributed by atoms with E-state index < -0.39 is 17.7 Å². The lowest BCUT2D eigenvalue weighted by Crippen LogP contribution is -2.29. The van der Waals surface area contributed by atoms with Gasteiger partial charge in [0, 0.05) is 11.3 Å². The van der Waals surface area contributed by atoms with Gasteiger partial charge in [0.15, 0.2) is 0 Å². The molecule has 32 heavy (non-hydrogen) atoms. The first kappa shape index (κ1) is 21.6. The second-order valence-electron chi connectivity index (χ2n) is 8.70. The van der Waals surface area contributed by atoms with Crippen LogP contribution in [-0.2, 0) is 9.59 Å². The number of benzene rings is 3. The minimum Gasteiger partial charge on any atom is -0.507 e. The molecule has 1 unspecified atom stereocenters. The normalized spacial score (nSPS) is 17.9. The molecule has 4 rings (SSSR count). The van der Waals surface area contributed by atoms with Gasteiger partial charge < -0.3 is 5.11 Å². The fourth-order valence-electron chi connectivity index (χ4n) is 4.14. The van der Waals surface area contributed by atoms with E-state index in [1.54, 1.807) is 12.1 Å². The molecule has 1 heterocycles. The molecular formula is C28H27NO3. The molecule has 1 atom stereocenters. The molecule has 162 valence electrons. The van der Waals surface area contributed by atoms with Gasteiger partial charge in [-0.3, -0.25) is 14.5 Å². The van der Waals surface area contributed by atoms with Crippen molar-refractivity contribution in [2.45, 2.75) is 39.7 Å². The van der Waals surface area contributed by atoms with Crippen molar-refractivity contribution >= 4 is 23.1 Å². The molecule has 0 aliphatic carbocycles. The highest BCUT2D eigenvalue weighted by Crippen LogP contribution is 2.42. The smallest absolute Gasteiger partial charge is 0.300 e. The van der Waals surface area contributed by atoms with Gasteiger partial charge in [-0.05, 0) is 43.0 Å². The Kier molecular flexibility index (Phi) is 5.70. The van der Waals surface area contributed by atoms with E-state index in [1.165, 1.54) is 4.90 Å². The van der Waals surface area contributed by atoms with Crippen LogP contribution in [0.4, 0.5) is 5.69 Å². The molecule has 3 aromatic rings.